The van der Waals surface area contributed by atoms with Crippen LogP contribution in [-0.2, 0) is 14.8 Å². The number of halogens is 1. The third-order valence-corrected chi connectivity index (χ3v) is 3.90. The molecule has 1 N–H and O–H groups in total. The Morgan fingerprint density at radius 3 is 2.82 bits per heavy atom. The van der Waals surface area contributed by atoms with Gasteiger partial charge in [0.25, 0.3) is 0 Å². The zero-order valence-corrected chi connectivity index (χ0v) is 12.4. The number of carbonyl (C=O) groups is 1. The van der Waals surface area contributed by atoms with Crippen molar-refractivity contribution >= 4 is 31.9 Å². The van der Waals surface area contributed by atoms with Crippen molar-refractivity contribution in [2.75, 3.05) is 31.2 Å². The molecule has 1 fully saturated rings. The fourth-order valence-corrected chi connectivity index (χ4v) is 2.84. The fraction of sp³-hybridized carbons (Fsp3) is 0.900. The van der Waals surface area contributed by atoms with Crippen LogP contribution in [0.2, 0.25) is 0 Å². The summed E-state index contributed by atoms with van der Waals surface area (Å²) < 4.78 is 24.5. The van der Waals surface area contributed by atoms with Crippen molar-refractivity contribution < 1.29 is 13.2 Å². The first-order valence-corrected chi connectivity index (χ1v) is 8.72. The maximum atomic E-state index is 11.7. The molecule has 0 bridgehead atoms. The molecule has 0 aromatic rings. The van der Waals surface area contributed by atoms with Gasteiger partial charge in [-0.05, 0) is 18.8 Å². The molecule has 1 aliphatic heterocycles. The average Bonchev–Trinajstić information content (AvgIpc) is 2.26. The van der Waals surface area contributed by atoms with Crippen LogP contribution in [0.1, 0.15) is 19.3 Å². The van der Waals surface area contributed by atoms with E-state index >= 15 is 0 Å². The quantitative estimate of drug-likeness (QED) is 0.751. The number of piperidine rings is 1. The van der Waals surface area contributed by atoms with E-state index < -0.39 is 10.0 Å². The zero-order chi connectivity index (χ0) is 12.9. The summed E-state index contributed by atoms with van der Waals surface area (Å²) in [6.45, 7) is 1.88. The Morgan fingerprint density at radius 2 is 2.24 bits per heavy atom. The van der Waals surface area contributed by atoms with Crippen molar-refractivity contribution in [1.29, 1.82) is 0 Å². The second kappa shape index (κ2) is 6.70. The molecular weight excluding hydrogens is 308 g/mol. The molecule has 0 radical (unpaired) electrons. The van der Waals surface area contributed by atoms with Gasteiger partial charge in [-0.3, -0.25) is 4.79 Å². The lowest BCUT2D eigenvalue weighted by molar-refractivity contribution is -0.132. The molecule has 17 heavy (non-hydrogen) atoms. The van der Waals surface area contributed by atoms with Crippen LogP contribution in [0.15, 0.2) is 0 Å². The maximum Gasteiger partial charge on any atom is 0.223 e. The summed E-state index contributed by atoms with van der Waals surface area (Å²) in [5, 5.41) is 0.675. The second-order valence-corrected chi connectivity index (χ2v) is 7.03. The van der Waals surface area contributed by atoms with Gasteiger partial charge < -0.3 is 4.90 Å². The van der Waals surface area contributed by atoms with Crippen molar-refractivity contribution in [3.63, 3.8) is 0 Å². The first-order chi connectivity index (χ1) is 7.92. The minimum Gasteiger partial charge on any atom is -0.342 e. The lowest BCUT2D eigenvalue weighted by Crippen LogP contribution is -2.43. The Morgan fingerprint density at radius 1 is 1.53 bits per heavy atom. The van der Waals surface area contributed by atoms with Crippen LogP contribution >= 0.6 is 15.9 Å². The van der Waals surface area contributed by atoms with Crippen LogP contribution in [0, 0.1) is 5.92 Å². The van der Waals surface area contributed by atoms with E-state index in [1.807, 2.05) is 4.90 Å². The van der Waals surface area contributed by atoms with E-state index in [1.165, 1.54) is 0 Å². The van der Waals surface area contributed by atoms with Gasteiger partial charge in [-0.25, -0.2) is 13.1 Å². The van der Waals surface area contributed by atoms with Gasteiger partial charge in [0.15, 0.2) is 0 Å². The molecule has 0 aliphatic carbocycles. The number of likely N-dealkylation sites (tertiary alicyclic amines) is 1. The smallest absolute Gasteiger partial charge is 0.223 e. The fourth-order valence-electron chi connectivity index (χ4n) is 1.97. The number of carbonyl (C=O) groups excluding carboxylic acids is 1. The van der Waals surface area contributed by atoms with E-state index in [0.717, 1.165) is 25.6 Å². The number of amides is 1. The molecule has 1 saturated heterocycles. The van der Waals surface area contributed by atoms with Crippen LogP contribution in [0.5, 0.6) is 0 Å². The largest absolute Gasteiger partial charge is 0.342 e. The molecule has 1 rings (SSSR count). The number of hydrogen-bond donors (Lipinski definition) is 1. The molecule has 1 unspecified atom stereocenters. The average molecular weight is 327 g/mol. The Hall–Kier alpha value is -0.140. The summed E-state index contributed by atoms with van der Waals surface area (Å²) in [5.41, 5.74) is 0. The summed E-state index contributed by atoms with van der Waals surface area (Å²) in [6.07, 6.45) is 3.58. The predicted molar refractivity (Wildman–Crippen MR) is 70.6 cm³/mol. The van der Waals surface area contributed by atoms with Gasteiger partial charge in [-0.15, -0.1) is 0 Å². The summed E-state index contributed by atoms with van der Waals surface area (Å²) in [6, 6.07) is 0. The van der Waals surface area contributed by atoms with Gasteiger partial charge in [0, 0.05) is 31.4 Å². The van der Waals surface area contributed by atoms with Gasteiger partial charge in [0.05, 0.1) is 6.26 Å². The number of nitrogens with one attached hydrogen (secondary N) is 1. The molecule has 0 aromatic heterocycles. The number of alkyl halides is 1. The first-order valence-electron chi connectivity index (χ1n) is 5.71. The molecule has 0 spiro atoms. The minimum atomic E-state index is -3.13. The Kier molecular flexibility index (Phi) is 5.88. The van der Waals surface area contributed by atoms with Crippen LogP contribution in [0.25, 0.3) is 0 Å². The highest BCUT2D eigenvalue weighted by Gasteiger charge is 2.23. The highest BCUT2D eigenvalue weighted by Crippen LogP contribution is 2.16. The second-order valence-electron chi connectivity index (χ2n) is 4.41. The molecule has 5 nitrogen and oxygen atoms in total. The highest BCUT2D eigenvalue weighted by atomic mass is 79.9. The van der Waals surface area contributed by atoms with E-state index in [0.29, 0.717) is 24.8 Å². The van der Waals surface area contributed by atoms with Crippen molar-refractivity contribution in [2.45, 2.75) is 19.3 Å². The van der Waals surface area contributed by atoms with Gasteiger partial charge in [-0.2, -0.15) is 0 Å². The molecular formula is C10H19BrN2O3S. The molecule has 100 valence electrons. The normalized spacial score (nSPS) is 21.5. The van der Waals surface area contributed by atoms with Crippen LogP contribution in [0.4, 0.5) is 0 Å². The van der Waals surface area contributed by atoms with Crippen molar-refractivity contribution in [1.82, 2.24) is 9.62 Å². The SMILES string of the molecule is CS(=O)(=O)NCC1CCCN(C(=O)CCBr)C1. The van der Waals surface area contributed by atoms with Crippen molar-refractivity contribution in [2.24, 2.45) is 5.92 Å². The topological polar surface area (TPSA) is 66.5 Å². The maximum absolute atomic E-state index is 11.7. The third kappa shape index (κ3) is 5.83. The van der Waals surface area contributed by atoms with E-state index in [1.54, 1.807) is 0 Å². The third-order valence-electron chi connectivity index (χ3n) is 2.81. The highest BCUT2D eigenvalue weighted by molar-refractivity contribution is 9.09. The van der Waals surface area contributed by atoms with Crippen LogP contribution in [-0.4, -0.2) is 50.4 Å². The first kappa shape index (κ1) is 14.9. The predicted octanol–water partition coefficient (Wildman–Crippen LogP) is 0.559. The van der Waals surface area contributed by atoms with Gasteiger partial charge in [-0.1, -0.05) is 15.9 Å². The summed E-state index contributed by atoms with van der Waals surface area (Å²) >= 11 is 3.25. The zero-order valence-electron chi connectivity index (χ0n) is 9.99. The Labute approximate surface area is 111 Å². The summed E-state index contributed by atoms with van der Waals surface area (Å²) in [5.74, 6) is 0.378. The van der Waals surface area contributed by atoms with Crippen molar-refractivity contribution in [3.05, 3.63) is 0 Å². The number of rotatable bonds is 5. The Balaban J connectivity index is 2.41. The molecule has 7 heteroatoms. The molecule has 1 atom stereocenters. The summed E-state index contributed by atoms with van der Waals surface area (Å²) in [4.78, 5) is 13.5. The molecule has 1 aliphatic rings. The molecule has 1 heterocycles. The number of nitrogens with zero attached hydrogens (tertiary/aromatic N) is 1. The van der Waals surface area contributed by atoms with E-state index in [4.69, 9.17) is 0 Å². The van der Waals surface area contributed by atoms with Crippen LogP contribution < -0.4 is 4.72 Å². The lowest BCUT2D eigenvalue weighted by Gasteiger charge is -2.32. The van der Waals surface area contributed by atoms with Crippen molar-refractivity contribution in [3.8, 4) is 0 Å². The van der Waals surface area contributed by atoms with E-state index in [2.05, 4.69) is 20.7 Å². The van der Waals surface area contributed by atoms with Gasteiger partial charge in [0.1, 0.15) is 0 Å². The minimum absolute atomic E-state index is 0.144. The monoisotopic (exact) mass is 326 g/mol. The number of sulfonamides is 1. The Bertz CT molecular complexity index is 359. The van der Waals surface area contributed by atoms with Gasteiger partial charge in [0.2, 0.25) is 15.9 Å². The molecule has 0 saturated carbocycles. The summed E-state index contributed by atoms with van der Waals surface area (Å²) in [7, 11) is -3.13. The lowest BCUT2D eigenvalue weighted by atomic mass is 9.98. The van der Waals surface area contributed by atoms with E-state index in [-0.39, 0.29) is 11.8 Å². The molecule has 1 amide bonds. The van der Waals surface area contributed by atoms with Gasteiger partial charge >= 0.3 is 0 Å². The molecule has 0 aromatic carbocycles. The number of hydrogen-bond acceptors (Lipinski definition) is 3. The van der Waals surface area contributed by atoms with Crippen LogP contribution in [0.3, 0.4) is 0 Å². The van der Waals surface area contributed by atoms with E-state index in [9.17, 15) is 13.2 Å². The standard InChI is InChI=1S/C10H19BrN2O3S/c1-17(15,16)12-7-9-3-2-6-13(8-9)10(14)4-5-11/h9,12H,2-8H2,1H3.